The van der Waals surface area contributed by atoms with Crippen molar-refractivity contribution < 1.29 is 4.79 Å². The molecule has 1 heterocycles. The van der Waals surface area contributed by atoms with Crippen molar-refractivity contribution in [3.63, 3.8) is 0 Å². The number of nitrogens with one attached hydrogen (secondary N) is 2. The molecule has 3 nitrogen and oxygen atoms in total. The van der Waals surface area contributed by atoms with E-state index in [0.29, 0.717) is 5.92 Å². The van der Waals surface area contributed by atoms with Crippen LogP contribution in [0.2, 0.25) is 0 Å². The van der Waals surface area contributed by atoms with E-state index in [1.807, 2.05) is 25.1 Å². The number of benzene rings is 2. The molecule has 2 N–H and O–H groups in total. The number of carbonyl (C=O) groups is 1. The smallest absolute Gasteiger partial charge is 0.223 e. The Labute approximate surface area is 138 Å². The Balaban J connectivity index is 1.83. The number of aryl methyl sites for hydroxylation is 1. The van der Waals surface area contributed by atoms with Gasteiger partial charge in [-0.15, -0.1) is 0 Å². The van der Waals surface area contributed by atoms with Crippen molar-refractivity contribution in [3.8, 4) is 0 Å². The lowest BCUT2D eigenvalue weighted by Crippen LogP contribution is -2.50. The van der Waals surface area contributed by atoms with Gasteiger partial charge in [0.1, 0.15) is 0 Å². The molecule has 120 valence electrons. The minimum atomic E-state index is -0.0974. The second-order valence-corrected chi connectivity index (χ2v) is 6.47. The van der Waals surface area contributed by atoms with Crippen molar-refractivity contribution in [2.45, 2.75) is 19.9 Å². The van der Waals surface area contributed by atoms with Crippen molar-refractivity contribution in [2.24, 2.45) is 11.8 Å². The molecule has 2 unspecified atom stereocenters. The number of amides is 1. The summed E-state index contributed by atoms with van der Waals surface area (Å²) >= 11 is 0. The minimum absolute atomic E-state index is 0.0351. The van der Waals surface area contributed by atoms with Gasteiger partial charge in [-0.1, -0.05) is 67.1 Å². The molecule has 0 saturated carbocycles. The SMILES string of the molecule is Cc1ccc(C(NC(=O)C(C)C2CNC2)c2ccccc2)cc1. The Kier molecular flexibility index (Phi) is 4.77. The van der Waals surface area contributed by atoms with Gasteiger partial charge >= 0.3 is 0 Å². The monoisotopic (exact) mass is 308 g/mol. The Morgan fingerprint density at radius 1 is 1.04 bits per heavy atom. The van der Waals surface area contributed by atoms with Crippen LogP contribution >= 0.6 is 0 Å². The van der Waals surface area contributed by atoms with E-state index >= 15 is 0 Å². The lowest BCUT2D eigenvalue weighted by atomic mass is 9.87. The van der Waals surface area contributed by atoms with Crippen molar-refractivity contribution >= 4 is 5.91 Å². The summed E-state index contributed by atoms with van der Waals surface area (Å²) in [5.74, 6) is 0.614. The zero-order valence-electron chi connectivity index (χ0n) is 13.8. The zero-order valence-corrected chi connectivity index (χ0v) is 13.8. The maximum absolute atomic E-state index is 12.7. The van der Waals surface area contributed by atoms with E-state index in [4.69, 9.17) is 0 Å². The quantitative estimate of drug-likeness (QED) is 0.891. The topological polar surface area (TPSA) is 41.1 Å². The van der Waals surface area contributed by atoms with Crippen LogP contribution in [0.4, 0.5) is 0 Å². The molecule has 0 aromatic heterocycles. The van der Waals surface area contributed by atoms with Crippen LogP contribution in [-0.4, -0.2) is 19.0 Å². The predicted octanol–water partition coefficient (Wildman–Crippen LogP) is 3.06. The molecule has 1 aliphatic rings. The maximum atomic E-state index is 12.7. The average Bonchev–Trinajstić information content (AvgIpc) is 2.52. The fourth-order valence-electron chi connectivity index (χ4n) is 2.92. The maximum Gasteiger partial charge on any atom is 0.223 e. The molecule has 3 rings (SSSR count). The first kappa shape index (κ1) is 15.8. The number of hydrogen-bond acceptors (Lipinski definition) is 2. The van der Waals surface area contributed by atoms with E-state index in [1.54, 1.807) is 0 Å². The van der Waals surface area contributed by atoms with Gasteiger partial charge in [-0.3, -0.25) is 4.79 Å². The van der Waals surface area contributed by atoms with Crippen LogP contribution < -0.4 is 10.6 Å². The Morgan fingerprint density at radius 2 is 1.65 bits per heavy atom. The third-order valence-corrected chi connectivity index (χ3v) is 4.76. The van der Waals surface area contributed by atoms with E-state index in [0.717, 1.165) is 24.2 Å². The molecule has 0 bridgehead atoms. The van der Waals surface area contributed by atoms with Gasteiger partial charge < -0.3 is 10.6 Å². The lowest BCUT2D eigenvalue weighted by Gasteiger charge is -2.33. The summed E-state index contributed by atoms with van der Waals surface area (Å²) in [6.07, 6.45) is 0. The van der Waals surface area contributed by atoms with E-state index < -0.39 is 0 Å². The highest BCUT2D eigenvalue weighted by atomic mass is 16.1. The van der Waals surface area contributed by atoms with Crippen LogP contribution in [0.15, 0.2) is 54.6 Å². The molecule has 1 amide bonds. The van der Waals surface area contributed by atoms with E-state index in [2.05, 4.69) is 54.0 Å². The van der Waals surface area contributed by atoms with Gasteiger partial charge in [-0.25, -0.2) is 0 Å². The van der Waals surface area contributed by atoms with E-state index in [9.17, 15) is 4.79 Å². The highest BCUT2D eigenvalue weighted by molar-refractivity contribution is 5.79. The van der Waals surface area contributed by atoms with Crippen LogP contribution in [0.3, 0.4) is 0 Å². The molecule has 0 spiro atoms. The van der Waals surface area contributed by atoms with E-state index in [-0.39, 0.29) is 17.9 Å². The third-order valence-electron chi connectivity index (χ3n) is 4.76. The summed E-state index contributed by atoms with van der Waals surface area (Å²) in [5.41, 5.74) is 3.46. The largest absolute Gasteiger partial charge is 0.345 e. The molecule has 1 fully saturated rings. The van der Waals surface area contributed by atoms with Crippen molar-refractivity contribution in [2.75, 3.05) is 13.1 Å². The molecule has 0 aliphatic carbocycles. The summed E-state index contributed by atoms with van der Waals surface area (Å²) < 4.78 is 0. The molecule has 2 aromatic carbocycles. The average molecular weight is 308 g/mol. The van der Waals surface area contributed by atoms with Crippen LogP contribution in [0.5, 0.6) is 0 Å². The third kappa shape index (κ3) is 3.62. The molecule has 1 saturated heterocycles. The standard InChI is InChI=1S/C20H24N2O/c1-14-8-10-17(11-9-14)19(16-6-4-3-5-7-16)22-20(23)15(2)18-12-21-13-18/h3-11,15,18-19,21H,12-13H2,1-2H3,(H,22,23). The fourth-order valence-corrected chi connectivity index (χ4v) is 2.92. The molecule has 2 aromatic rings. The van der Waals surface area contributed by atoms with Gasteiger partial charge in [0, 0.05) is 5.92 Å². The predicted molar refractivity (Wildman–Crippen MR) is 93.1 cm³/mol. The summed E-state index contributed by atoms with van der Waals surface area (Å²) in [7, 11) is 0. The molecular formula is C20H24N2O. The summed E-state index contributed by atoms with van der Waals surface area (Å²) in [4.78, 5) is 12.7. The number of carbonyl (C=O) groups excluding carboxylic acids is 1. The second-order valence-electron chi connectivity index (χ2n) is 6.47. The summed E-state index contributed by atoms with van der Waals surface area (Å²) in [5, 5.41) is 6.49. The number of rotatable bonds is 5. The Bertz CT molecular complexity index is 647. The van der Waals surface area contributed by atoms with Gasteiger partial charge in [0.2, 0.25) is 5.91 Å². The van der Waals surface area contributed by atoms with Crippen molar-refractivity contribution in [3.05, 3.63) is 71.3 Å². The summed E-state index contributed by atoms with van der Waals surface area (Å²) in [6, 6.07) is 18.5. The Morgan fingerprint density at radius 3 is 2.22 bits per heavy atom. The van der Waals surface area contributed by atoms with Gasteiger partial charge in [0.25, 0.3) is 0 Å². The van der Waals surface area contributed by atoms with Crippen LogP contribution in [0.1, 0.15) is 29.7 Å². The minimum Gasteiger partial charge on any atom is -0.345 e. The molecule has 0 radical (unpaired) electrons. The summed E-state index contributed by atoms with van der Waals surface area (Å²) in [6.45, 7) is 5.98. The van der Waals surface area contributed by atoms with Gasteiger partial charge in [0.15, 0.2) is 0 Å². The molecular weight excluding hydrogens is 284 g/mol. The van der Waals surface area contributed by atoms with Crippen molar-refractivity contribution in [1.29, 1.82) is 0 Å². The van der Waals surface area contributed by atoms with Crippen molar-refractivity contribution in [1.82, 2.24) is 10.6 Å². The number of hydrogen-bond donors (Lipinski definition) is 2. The molecule has 1 aliphatic heterocycles. The van der Waals surface area contributed by atoms with Gasteiger partial charge in [-0.05, 0) is 37.1 Å². The van der Waals surface area contributed by atoms with Crippen LogP contribution in [0, 0.1) is 18.8 Å². The first-order chi connectivity index (χ1) is 11.1. The van der Waals surface area contributed by atoms with Gasteiger partial charge in [0.05, 0.1) is 6.04 Å². The Hall–Kier alpha value is -2.13. The second kappa shape index (κ2) is 6.97. The molecule has 2 atom stereocenters. The fraction of sp³-hybridized carbons (Fsp3) is 0.350. The van der Waals surface area contributed by atoms with Crippen LogP contribution in [0.25, 0.3) is 0 Å². The first-order valence-corrected chi connectivity index (χ1v) is 8.28. The highest BCUT2D eigenvalue weighted by Crippen LogP contribution is 2.24. The first-order valence-electron chi connectivity index (χ1n) is 8.28. The normalized spacial score (nSPS) is 17.1. The molecule has 3 heteroatoms. The van der Waals surface area contributed by atoms with Crippen LogP contribution in [-0.2, 0) is 4.79 Å². The zero-order chi connectivity index (χ0) is 16.2. The van der Waals surface area contributed by atoms with E-state index in [1.165, 1.54) is 5.56 Å². The van der Waals surface area contributed by atoms with Gasteiger partial charge in [-0.2, -0.15) is 0 Å². The lowest BCUT2D eigenvalue weighted by molar-refractivity contribution is -0.127. The molecule has 23 heavy (non-hydrogen) atoms. The highest BCUT2D eigenvalue weighted by Gasteiger charge is 2.30.